The van der Waals surface area contributed by atoms with Gasteiger partial charge in [-0.3, -0.25) is 10.1 Å². The minimum Gasteiger partial charge on any atom is -0.444 e. The topological polar surface area (TPSA) is 85.3 Å². The fourth-order valence-corrected chi connectivity index (χ4v) is 3.34. The van der Waals surface area contributed by atoms with E-state index in [1.807, 2.05) is 29.9 Å². The quantitative estimate of drug-likeness (QED) is 0.487. The number of amides is 2. The van der Waals surface area contributed by atoms with E-state index in [1.165, 1.54) is 0 Å². The second kappa shape index (κ2) is 9.26. The zero-order chi connectivity index (χ0) is 22.6. The first kappa shape index (κ1) is 22.4. The summed E-state index contributed by atoms with van der Waals surface area (Å²) in [5.41, 5.74) is 1.72. The molecular weight excluding hydrogens is 412 g/mol. The average molecular weight is 439 g/mol. The summed E-state index contributed by atoms with van der Waals surface area (Å²) in [4.78, 5) is 29.2. The molecule has 162 valence electrons. The van der Waals surface area contributed by atoms with Crippen LogP contribution in [0.3, 0.4) is 0 Å². The summed E-state index contributed by atoms with van der Waals surface area (Å²) in [7, 11) is 1.91. The lowest BCUT2D eigenvalue weighted by atomic mass is 10.1. The van der Waals surface area contributed by atoms with E-state index in [9.17, 15) is 9.59 Å². The Morgan fingerprint density at radius 2 is 1.65 bits per heavy atom. The van der Waals surface area contributed by atoms with Gasteiger partial charge in [0.15, 0.2) is 0 Å². The van der Waals surface area contributed by atoms with Crippen molar-refractivity contribution < 1.29 is 14.3 Å². The average Bonchev–Trinajstić information content (AvgIpc) is 3.13. The molecule has 1 heterocycles. The third-order valence-electron chi connectivity index (χ3n) is 4.40. The highest BCUT2D eigenvalue weighted by atomic mass is 32.1. The van der Waals surface area contributed by atoms with Gasteiger partial charge in [0.05, 0.1) is 16.6 Å². The molecule has 0 aliphatic heterocycles. The van der Waals surface area contributed by atoms with E-state index in [4.69, 9.17) is 4.74 Å². The molecule has 0 saturated heterocycles. The highest BCUT2D eigenvalue weighted by molar-refractivity contribution is 7.80. The molecule has 2 N–H and O–H groups in total. The summed E-state index contributed by atoms with van der Waals surface area (Å²) in [6.07, 6.45) is 3.00. The van der Waals surface area contributed by atoms with Crippen molar-refractivity contribution in [3.63, 3.8) is 0 Å². The van der Waals surface area contributed by atoms with Gasteiger partial charge in [-0.2, -0.15) is 12.6 Å². The van der Waals surface area contributed by atoms with Gasteiger partial charge in [-0.05, 0) is 50.6 Å². The van der Waals surface area contributed by atoms with Crippen LogP contribution in [0.4, 0.5) is 16.2 Å². The second-order valence-corrected chi connectivity index (χ2v) is 8.56. The Hall–Kier alpha value is -3.26. The number of nitrogens with zero attached hydrogens (tertiary/aromatic N) is 2. The predicted molar refractivity (Wildman–Crippen MR) is 125 cm³/mol. The molecule has 0 spiro atoms. The lowest BCUT2D eigenvalue weighted by Crippen LogP contribution is -2.27. The maximum Gasteiger partial charge on any atom is 0.412 e. The van der Waals surface area contributed by atoms with E-state index in [-0.39, 0.29) is 11.2 Å². The van der Waals surface area contributed by atoms with Crippen molar-refractivity contribution in [2.45, 2.75) is 31.6 Å². The molecule has 1 atom stereocenters. The van der Waals surface area contributed by atoms with Crippen LogP contribution in [0.25, 0.3) is 0 Å². The van der Waals surface area contributed by atoms with Crippen LogP contribution in [0.2, 0.25) is 0 Å². The molecule has 3 rings (SSSR count). The SMILES string of the molecule is Cn1ccnc1C(S)c1ccc(C(=O)Nc2ccccc2NC(=O)OC(C)(C)C)cc1. The van der Waals surface area contributed by atoms with Gasteiger partial charge in [-0.1, -0.05) is 24.3 Å². The summed E-state index contributed by atoms with van der Waals surface area (Å²) >= 11 is 4.65. The van der Waals surface area contributed by atoms with Gasteiger partial charge in [0, 0.05) is 25.0 Å². The highest BCUT2D eigenvalue weighted by Crippen LogP contribution is 2.27. The number of hydrogen-bond acceptors (Lipinski definition) is 5. The fourth-order valence-electron chi connectivity index (χ4n) is 2.92. The van der Waals surface area contributed by atoms with Gasteiger partial charge in [0.1, 0.15) is 11.4 Å². The minimum atomic E-state index is -0.621. The van der Waals surface area contributed by atoms with Crippen LogP contribution in [-0.2, 0) is 11.8 Å². The maximum absolute atomic E-state index is 12.8. The van der Waals surface area contributed by atoms with Crippen LogP contribution in [0.1, 0.15) is 47.8 Å². The lowest BCUT2D eigenvalue weighted by Gasteiger charge is -2.20. The van der Waals surface area contributed by atoms with Crippen LogP contribution >= 0.6 is 12.6 Å². The Kier molecular flexibility index (Phi) is 6.70. The first-order chi connectivity index (χ1) is 14.6. The number of rotatable bonds is 5. The smallest absolute Gasteiger partial charge is 0.412 e. The Morgan fingerprint density at radius 1 is 1.03 bits per heavy atom. The fraction of sp³-hybridized carbons (Fsp3) is 0.261. The number of para-hydroxylation sites is 2. The van der Waals surface area contributed by atoms with Crippen LogP contribution in [-0.4, -0.2) is 27.2 Å². The molecular formula is C23H26N4O3S. The maximum atomic E-state index is 12.8. The van der Waals surface area contributed by atoms with E-state index >= 15 is 0 Å². The second-order valence-electron chi connectivity index (χ2n) is 8.05. The minimum absolute atomic E-state index is 0.198. The summed E-state index contributed by atoms with van der Waals surface area (Å²) in [6, 6.07) is 14.1. The Balaban J connectivity index is 1.71. The molecule has 1 unspecified atom stereocenters. The van der Waals surface area contributed by atoms with Crippen LogP contribution in [0.15, 0.2) is 60.9 Å². The normalized spacial score (nSPS) is 12.2. The molecule has 2 aromatic carbocycles. The van der Waals surface area contributed by atoms with E-state index in [1.54, 1.807) is 63.4 Å². The standard InChI is InChI=1S/C23H26N4O3S/c1-23(2,3)30-22(29)26-18-8-6-5-7-17(18)25-21(28)16-11-9-15(10-12-16)19(31)20-24-13-14-27(20)4/h5-14,19,31H,1-4H3,(H,25,28)(H,26,29). The summed E-state index contributed by atoms with van der Waals surface area (Å²) in [5, 5.41) is 5.31. The van der Waals surface area contributed by atoms with Crippen molar-refractivity contribution >= 4 is 36.0 Å². The Morgan fingerprint density at radius 3 is 2.19 bits per heavy atom. The van der Waals surface area contributed by atoms with Crippen molar-refractivity contribution in [3.8, 4) is 0 Å². The number of ether oxygens (including phenoxy) is 1. The number of benzene rings is 2. The summed E-state index contributed by atoms with van der Waals surface area (Å²) < 4.78 is 7.19. The first-order valence-corrected chi connectivity index (χ1v) is 10.3. The zero-order valence-electron chi connectivity index (χ0n) is 17.9. The van der Waals surface area contributed by atoms with Gasteiger partial charge in [-0.15, -0.1) is 0 Å². The molecule has 0 fully saturated rings. The number of aromatic nitrogens is 2. The number of hydrogen-bond donors (Lipinski definition) is 3. The van der Waals surface area contributed by atoms with E-state index in [2.05, 4.69) is 28.2 Å². The molecule has 0 radical (unpaired) electrons. The molecule has 3 aromatic rings. The largest absolute Gasteiger partial charge is 0.444 e. The van der Waals surface area contributed by atoms with E-state index in [0.29, 0.717) is 16.9 Å². The molecule has 2 amide bonds. The van der Waals surface area contributed by atoms with Gasteiger partial charge >= 0.3 is 6.09 Å². The molecule has 0 bridgehead atoms. The molecule has 8 heteroatoms. The number of imidazole rings is 1. The molecule has 0 aliphatic carbocycles. The van der Waals surface area contributed by atoms with Crippen LogP contribution in [0, 0.1) is 0 Å². The first-order valence-electron chi connectivity index (χ1n) is 9.79. The Bertz CT molecular complexity index is 1070. The summed E-state index contributed by atoms with van der Waals surface area (Å²) in [6.45, 7) is 5.35. The summed E-state index contributed by atoms with van der Waals surface area (Å²) in [5.74, 6) is 0.528. The van der Waals surface area contributed by atoms with Crippen LogP contribution < -0.4 is 10.6 Å². The third kappa shape index (κ3) is 5.88. The monoisotopic (exact) mass is 438 g/mol. The number of carbonyl (C=O) groups is 2. The number of carbonyl (C=O) groups excluding carboxylic acids is 2. The molecule has 31 heavy (non-hydrogen) atoms. The molecule has 0 aliphatic rings. The zero-order valence-corrected chi connectivity index (χ0v) is 18.8. The van der Waals surface area contributed by atoms with Crippen LogP contribution in [0.5, 0.6) is 0 Å². The van der Waals surface area contributed by atoms with Crippen molar-refractivity contribution in [3.05, 3.63) is 77.9 Å². The van der Waals surface area contributed by atoms with Gasteiger partial charge in [0.2, 0.25) is 0 Å². The molecule has 7 nitrogen and oxygen atoms in total. The number of thiol groups is 1. The van der Waals surface area contributed by atoms with E-state index in [0.717, 1.165) is 11.4 Å². The van der Waals surface area contributed by atoms with Crippen molar-refractivity contribution in [1.82, 2.24) is 9.55 Å². The number of aryl methyl sites for hydroxylation is 1. The lowest BCUT2D eigenvalue weighted by molar-refractivity contribution is 0.0635. The number of anilines is 2. The van der Waals surface area contributed by atoms with E-state index < -0.39 is 11.7 Å². The third-order valence-corrected chi connectivity index (χ3v) is 4.93. The van der Waals surface area contributed by atoms with Gasteiger partial charge in [0.25, 0.3) is 5.91 Å². The Labute approximate surface area is 187 Å². The molecule has 1 aromatic heterocycles. The van der Waals surface area contributed by atoms with Gasteiger partial charge < -0.3 is 14.6 Å². The number of nitrogens with one attached hydrogen (secondary N) is 2. The predicted octanol–water partition coefficient (Wildman–Crippen LogP) is 5.04. The molecule has 0 saturated carbocycles. The van der Waals surface area contributed by atoms with Crippen molar-refractivity contribution in [2.75, 3.05) is 10.6 Å². The van der Waals surface area contributed by atoms with Gasteiger partial charge in [-0.25, -0.2) is 9.78 Å². The highest BCUT2D eigenvalue weighted by Gasteiger charge is 2.18. The van der Waals surface area contributed by atoms with Crippen molar-refractivity contribution in [2.24, 2.45) is 7.05 Å². The van der Waals surface area contributed by atoms with Crippen molar-refractivity contribution in [1.29, 1.82) is 0 Å².